The van der Waals surface area contributed by atoms with Crippen molar-refractivity contribution >= 4 is 62.1 Å². The minimum atomic E-state index is 0.473. The van der Waals surface area contributed by atoms with E-state index >= 15 is 0 Å². The molecule has 6 heteroatoms. The van der Waals surface area contributed by atoms with E-state index in [0.717, 1.165) is 44.6 Å². The van der Waals surface area contributed by atoms with E-state index in [1.165, 1.54) is 25.6 Å². The number of aromatic nitrogens is 1. The molecule has 0 aliphatic carbocycles. The Labute approximate surface area is 309 Å². The van der Waals surface area contributed by atoms with Gasteiger partial charge in [-0.05, 0) is 114 Å². The largest absolute Gasteiger partial charge is 0.493 e. The molecule has 0 spiro atoms. The molecule has 0 saturated carbocycles. The fourth-order valence-corrected chi connectivity index (χ4v) is 7.53. The Morgan fingerprint density at radius 2 is 1.12 bits per heavy atom. The Bertz CT molecular complexity index is 2110. The molecule has 5 aromatic carbocycles. The third-order valence-corrected chi connectivity index (χ3v) is 10.5. The number of fused-ring (bicyclic) bond motifs is 1. The molecule has 4 nitrogen and oxygen atoms in total. The number of nitrogens with zero attached hydrogens (tertiary/aromatic N) is 2. The number of benzene rings is 5. The van der Waals surface area contributed by atoms with E-state index in [2.05, 4.69) is 172 Å². The van der Waals surface area contributed by atoms with Crippen LogP contribution in [0.15, 0.2) is 133 Å². The number of anilines is 3. The second-order valence-corrected chi connectivity index (χ2v) is 15.6. The maximum atomic E-state index is 5.97. The molecule has 7 rings (SSSR count). The van der Waals surface area contributed by atoms with Crippen LogP contribution in [0.3, 0.4) is 0 Å². The molecule has 0 radical (unpaired) electrons. The lowest BCUT2D eigenvalue weighted by molar-refractivity contribution is 0.271. The van der Waals surface area contributed by atoms with Crippen molar-refractivity contribution in [3.05, 3.63) is 144 Å². The maximum absolute atomic E-state index is 5.97. The van der Waals surface area contributed by atoms with Crippen LogP contribution < -0.4 is 14.4 Å². The highest BCUT2D eigenvalue weighted by molar-refractivity contribution is 7.21. The third kappa shape index (κ3) is 8.59. The Balaban J connectivity index is 1.07. The van der Waals surface area contributed by atoms with Crippen molar-refractivity contribution < 1.29 is 9.47 Å². The Morgan fingerprint density at radius 1 is 0.569 bits per heavy atom. The van der Waals surface area contributed by atoms with Crippen molar-refractivity contribution in [1.82, 2.24) is 4.98 Å². The maximum Gasteiger partial charge on any atom is 0.124 e. The van der Waals surface area contributed by atoms with Crippen LogP contribution in [-0.2, 0) is 0 Å². The molecule has 0 fully saturated rings. The highest BCUT2D eigenvalue weighted by Crippen LogP contribution is 2.38. The first-order valence-corrected chi connectivity index (χ1v) is 19.1. The van der Waals surface area contributed by atoms with Crippen LogP contribution in [0, 0.1) is 11.8 Å². The first-order chi connectivity index (χ1) is 24.9. The lowest BCUT2D eigenvalue weighted by atomic mass is 10.1. The van der Waals surface area contributed by atoms with E-state index in [9.17, 15) is 0 Å². The highest BCUT2D eigenvalue weighted by atomic mass is 32.1. The van der Waals surface area contributed by atoms with E-state index in [4.69, 9.17) is 14.5 Å². The quantitative estimate of drug-likeness (QED) is 0.120. The topological polar surface area (TPSA) is 34.6 Å². The minimum absolute atomic E-state index is 0.473. The molecule has 2 heterocycles. The van der Waals surface area contributed by atoms with Crippen LogP contribution in [0.2, 0.25) is 0 Å². The molecule has 2 aromatic heterocycles. The van der Waals surface area contributed by atoms with Crippen LogP contribution in [0.25, 0.3) is 43.4 Å². The number of ether oxygens (including phenoxy) is 2. The van der Waals surface area contributed by atoms with Crippen LogP contribution in [0.5, 0.6) is 11.5 Å². The molecular formula is C45H42N2O2S2. The molecule has 0 aliphatic heterocycles. The van der Waals surface area contributed by atoms with Gasteiger partial charge in [0.2, 0.25) is 0 Å². The summed E-state index contributed by atoms with van der Waals surface area (Å²) in [6.07, 6.45) is 4.37. The minimum Gasteiger partial charge on any atom is -0.493 e. The summed E-state index contributed by atoms with van der Waals surface area (Å²) in [7, 11) is 0. The Kier molecular flexibility index (Phi) is 10.6. The van der Waals surface area contributed by atoms with Crippen LogP contribution in [0.1, 0.15) is 38.1 Å². The smallest absolute Gasteiger partial charge is 0.124 e. The lowest BCUT2D eigenvalue weighted by Gasteiger charge is -2.26. The number of thiazole rings is 1. The van der Waals surface area contributed by atoms with Crippen molar-refractivity contribution in [2.24, 2.45) is 11.8 Å². The van der Waals surface area contributed by atoms with Gasteiger partial charge in [0.05, 0.1) is 23.4 Å². The summed E-state index contributed by atoms with van der Waals surface area (Å²) in [6, 6.07) is 46.9. The van der Waals surface area contributed by atoms with Gasteiger partial charge in [-0.3, -0.25) is 0 Å². The van der Waals surface area contributed by atoms with Gasteiger partial charge in [0.1, 0.15) is 16.5 Å². The average molecular weight is 707 g/mol. The summed E-state index contributed by atoms with van der Waals surface area (Å²) in [5, 5.41) is 1.05. The fraction of sp³-hybridized carbons (Fsp3) is 0.178. The summed E-state index contributed by atoms with van der Waals surface area (Å²) >= 11 is 3.53. The van der Waals surface area contributed by atoms with Crippen molar-refractivity contribution in [1.29, 1.82) is 0 Å². The van der Waals surface area contributed by atoms with Gasteiger partial charge in [-0.2, -0.15) is 0 Å². The van der Waals surface area contributed by atoms with Gasteiger partial charge in [0.25, 0.3) is 0 Å². The molecule has 0 atom stereocenters. The van der Waals surface area contributed by atoms with Gasteiger partial charge in [-0.25, -0.2) is 4.98 Å². The molecule has 7 aromatic rings. The molecule has 0 amide bonds. The van der Waals surface area contributed by atoms with E-state index in [1.54, 1.807) is 22.7 Å². The zero-order valence-electron chi connectivity index (χ0n) is 29.5. The first-order valence-electron chi connectivity index (χ1n) is 17.5. The third-order valence-electron chi connectivity index (χ3n) is 8.28. The lowest BCUT2D eigenvalue weighted by Crippen LogP contribution is -2.10. The predicted octanol–water partition coefficient (Wildman–Crippen LogP) is 13.4. The zero-order chi connectivity index (χ0) is 35.2. The Morgan fingerprint density at radius 3 is 1.69 bits per heavy atom. The molecular weight excluding hydrogens is 665 g/mol. The van der Waals surface area contributed by atoms with Crippen LogP contribution in [0.4, 0.5) is 17.1 Å². The Hall–Kier alpha value is -5.17. The van der Waals surface area contributed by atoms with Gasteiger partial charge in [-0.15, -0.1) is 22.7 Å². The number of hydrogen-bond acceptors (Lipinski definition) is 6. The summed E-state index contributed by atoms with van der Waals surface area (Å²) in [5.74, 6) is 2.70. The van der Waals surface area contributed by atoms with E-state index in [1.807, 2.05) is 6.07 Å². The number of thiophene rings is 1. The van der Waals surface area contributed by atoms with Gasteiger partial charge in [0, 0.05) is 32.4 Å². The number of hydrogen-bond donors (Lipinski definition) is 0. The molecule has 0 unspecified atom stereocenters. The van der Waals surface area contributed by atoms with E-state index in [0.29, 0.717) is 25.0 Å². The molecule has 51 heavy (non-hydrogen) atoms. The summed E-state index contributed by atoms with van der Waals surface area (Å²) in [5.41, 5.74) is 7.76. The highest BCUT2D eigenvalue weighted by Gasteiger charge is 2.14. The summed E-state index contributed by atoms with van der Waals surface area (Å²) in [6.45, 7) is 10.0. The standard InChI is InChI=1S/C45H42N2O2S2/c1-31(2)29-48-39-22-18-37(19-23-39)47(38-20-24-40(25-21-38)49-30-32(3)4)36-16-14-34(15-17-36)43-28-27-41(50-43)26-11-33-9-12-35(13-10-33)45-46-42-7-5-6-8-44(42)51-45/h5-28,31-32H,29-30H2,1-4H3/b26-11+. The summed E-state index contributed by atoms with van der Waals surface area (Å²) < 4.78 is 13.2. The SMILES string of the molecule is CC(C)COc1ccc(N(c2ccc(OCC(C)C)cc2)c2ccc(-c3ccc(/C=C/c4ccc(-c5nc6ccccc6s5)cc4)s3)cc2)cc1. The molecule has 0 N–H and O–H groups in total. The normalized spacial score (nSPS) is 11.6. The zero-order valence-corrected chi connectivity index (χ0v) is 31.1. The monoisotopic (exact) mass is 706 g/mol. The van der Waals surface area contributed by atoms with Gasteiger partial charge < -0.3 is 14.4 Å². The van der Waals surface area contributed by atoms with Crippen molar-refractivity contribution in [3.8, 4) is 32.5 Å². The van der Waals surface area contributed by atoms with Crippen LogP contribution in [-0.4, -0.2) is 18.2 Å². The molecule has 256 valence electrons. The number of rotatable bonds is 13. The van der Waals surface area contributed by atoms with Gasteiger partial charge in [0.15, 0.2) is 0 Å². The molecule has 0 saturated heterocycles. The summed E-state index contributed by atoms with van der Waals surface area (Å²) in [4.78, 5) is 9.52. The second-order valence-electron chi connectivity index (χ2n) is 13.4. The fourth-order valence-electron chi connectivity index (χ4n) is 5.64. The van der Waals surface area contributed by atoms with E-state index < -0.39 is 0 Å². The van der Waals surface area contributed by atoms with Gasteiger partial charge >= 0.3 is 0 Å². The first kappa shape index (κ1) is 34.3. The van der Waals surface area contributed by atoms with E-state index in [-0.39, 0.29) is 0 Å². The van der Waals surface area contributed by atoms with Gasteiger partial charge in [-0.1, -0.05) is 82.3 Å². The second kappa shape index (κ2) is 15.8. The van der Waals surface area contributed by atoms with Crippen molar-refractivity contribution in [2.75, 3.05) is 18.1 Å². The van der Waals surface area contributed by atoms with Crippen molar-refractivity contribution in [3.63, 3.8) is 0 Å². The number of para-hydroxylation sites is 1. The average Bonchev–Trinajstić information content (AvgIpc) is 3.82. The van der Waals surface area contributed by atoms with Crippen molar-refractivity contribution in [2.45, 2.75) is 27.7 Å². The van der Waals surface area contributed by atoms with Crippen LogP contribution >= 0.6 is 22.7 Å². The predicted molar refractivity (Wildman–Crippen MR) is 219 cm³/mol. The molecule has 0 bridgehead atoms. The molecule has 0 aliphatic rings.